The van der Waals surface area contributed by atoms with Crippen LogP contribution in [0.4, 0.5) is 32.4 Å². The van der Waals surface area contributed by atoms with Gasteiger partial charge in [0.15, 0.2) is 0 Å². The molecule has 1 N–H and O–H groups in total. The Balaban J connectivity index is 1.50. The summed E-state index contributed by atoms with van der Waals surface area (Å²) in [6.45, 7) is 0. The molecule has 0 aromatic heterocycles. The third kappa shape index (κ3) is 4.43. The Bertz CT molecular complexity index is 1080. The average Bonchev–Trinajstić information content (AvgIpc) is 3.08. The number of ether oxygens (including phenoxy) is 2. The minimum atomic E-state index is -4.77. The van der Waals surface area contributed by atoms with Gasteiger partial charge in [-0.25, -0.2) is 18.6 Å². The van der Waals surface area contributed by atoms with Crippen molar-refractivity contribution < 1.29 is 36.2 Å². The lowest BCUT2D eigenvalue weighted by Gasteiger charge is -2.15. The summed E-state index contributed by atoms with van der Waals surface area (Å²) < 4.78 is 73.6. The number of carbonyl (C=O) groups is 1. The third-order valence-corrected chi connectivity index (χ3v) is 4.46. The topological polar surface area (TPSA) is 50.8 Å². The van der Waals surface area contributed by atoms with Gasteiger partial charge in [0.1, 0.15) is 17.4 Å². The Morgan fingerprint density at radius 3 is 1.97 bits per heavy atom. The molecule has 1 aliphatic heterocycles. The zero-order chi connectivity index (χ0) is 22.2. The number of hydrogen-bond donors (Lipinski definition) is 1. The lowest BCUT2D eigenvalue weighted by molar-refractivity contribution is -0.274. The molecule has 1 aliphatic rings. The molecule has 1 unspecified atom stereocenters. The second-order valence-corrected chi connectivity index (χ2v) is 6.48. The van der Waals surface area contributed by atoms with Crippen molar-refractivity contribution in [2.75, 3.05) is 5.01 Å². The fourth-order valence-electron chi connectivity index (χ4n) is 3.07. The van der Waals surface area contributed by atoms with Crippen molar-refractivity contribution in [3.05, 3.63) is 83.9 Å². The minimum Gasteiger partial charge on any atom is -0.423 e. The van der Waals surface area contributed by atoms with Crippen LogP contribution in [0.5, 0.6) is 5.75 Å². The Kier molecular flexibility index (Phi) is 5.24. The smallest absolute Gasteiger partial charge is 0.423 e. The van der Waals surface area contributed by atoms with Gasteiger partial charge < -0.3 is 9.47 Å². The number of halogens is 5. The molecule has 1 saturated heterocycles. The Morgan fingerprint density at radius 2 is 1.42 bits per heavy atom. The lowest BCUT2D eigenvalue weighted by Crippen LogP contribution is -2.34. The van der Waals surface area contributed by atoms with Crippen LogP contribution in [0.3, 0.4) is 0 Å². The number of benzene rings is 3. The maximum Gasteiger partial charge on any atom is 0.573 e. The van der Waals surface area contributed by atoms with Crippen LogP contribution in [0.15, 0.2) is 66.7 Å². The van der Waals surface area contributed by atoms with Crippen LogP contribution in [0, 0.1) is 11.6 Å². The largest absolute Gasteiger partial charge is 0.573 e. The molecule has 160 valence electrons. The Labute approximate surface area is 172 Å². The number of hydrogen-bond acceptors (Lipinski definition) is 4. The second-order valence-electron chi connectivity index (χ2n) is 6.48. The highest BCUT2D eigenvalue weighted by atomic mass is 19.4. The van der Waals surface area contributed by atoms with E-state index in [4.69, 9.17) is 4.74 Å². The zero-order valence-electron chi connectivity index (χ0n) is 15.5. The SMILES string of the molecule is O=C1OC(c2c(F)cccc2F)NN1c1ccc(-c2ccc(OC(F)(F)F)cc2)cc1. The van der Waals surface area contributed by atoms with Crippen molar-refractivity contribution in [3.63, 3.8) is 0 Å². The number of hydrazine groups is 1. The van der Waals surface area contributed by atoms with E-state index in [0.29, 0.717) is 16.8 Å². The number of amides is 1. The first-order valence-electron chi connectivity index (χ1n) is 8.88. The molecular formula is C21H13F5N2O3. The molecular weight excluding hydrogens is 423 g/mol. The highest BCUT2D eigenvalue weighted by molar-refractivity contribution is 5.88. The van der Waals surface area contributed by atoms with E-state index in [-0.39, 0.29) is 5.75 Å². The van der Waals surface area contributed by atoms with Crippen molar-refractivity contribution in [1.82, 2.24) is 5.43 Å². The van der Waals surface area contributed by atoms with E-state index in [9.17, 15) is 26.7 Å². The predicted molar refractivity (Wildman–Crippen MR) is 99.8 cm³/mol. The molecule has 0 aliphatic carbocycles. The van der Waals surface area contributed by atoms with E-state index >= 15 is 0 Å². The van der Waals surface area contributed by atoms with Crippen LogP contribution in [-0.2, 0) is 4.74 Å². The van der Waals surface area contributed by atoms with Crippen LogP contribution < -0.4 is 15.2 Å². The van der Waals surface area contributed by atoms with Crippen molar-refractivity contribution in [3.8, 4) is 16.9 Å². The summed E-state index contributed by atoms with van der Waals surface area (Å²) in [6, 6.07) is 14.9. The molecule has 1 heterocycles. The monoisotopic (exact) mass is 436 g/mol. The highest BCUT2D eigenvalue weighted by Gasteiger charge is 2.36. The zero-order valence-corrected chi connectivity index (χ0v) is 15.5. The number of cyclic esters (lactones) is 1. The Hall–Kier alpha value is -3.66. The maximum absolute atomic E-state index is 14.0. The highest BCUT2D eigenvalue weighted by Crippen LogP contribution is 2.31. The summed E-state index contributed by atoms with van der Waals surface area (Å²) in [5.41, 5.74) is 3.79. The van der Waals surface area contributed by atoms with Crippen molar-refractivity contribution >= 4 is 11.8 Å². The fraction of sp³-hybridized carbons (Fsp3) is 0.0952. The van der Waals surface area contributed by atoms with Gasteiger partial charge >= 0.3 is 12.5 Å². The molecule has 4 rings (SSSR count). The van der Waals surface area contributed by atoms with Gasteiger partial charge in [-0.05, 0) is 47.5 Å². The van der Waals surface area contributed by atoms with E-state index in [1.54, 1.807) is 24.3 Å². The minimum absolute atomic E-state index is 0.338. The molecule has 5 nitrogen and oxygen atoms in total. The van der Waals surface area contributed by atoms with Gasteiger partial charge in [0.25, 0.3) is 0 Å². The first-order valence-corrected chi connectivity index (χ1v) is 8.88. The van der Waals surface area contributed by atoms with Gasteiger partial charge in [-0.2, -0.15) is 5.43 Å². The molecule has 0 bridgehead atoms. The second kappa shape index (κ2) is 7.88. The van der Waals surface area contributed by atoms with Gasteiger partial charge in [0.2, 0.25) is 6.23 Å². The standard InChI is InChI=1S/C21H13F5N2O3/c22-16-2-1-3-17(23)18(16)19-27-28(20(29)30-19)14-8-4-12(5-9-14)13-6-10-15(11-7-13)31-21(24,25)26/h1-11,19,27H. The van der Waals surface area contributed by atoms with Crippen molar-refractivity contribution in [1.29, 1.82) is 0 Å². The van der Waals surface area contributed by atoms with E-state index in [0.717, 1.165) is 17.1 Å². The number of carbonyl (C=O) groups excluding carboxylic acids is 1. The van der Waals surface area contributed by atoms with E-state index in [1.165, 1.54) is 30.3 Å². The van der Waals surface area contributed by atoms with Crippen LogP contribution in [0.1, 0.15) is 11.8 Å². The van der Waals surface area contributed by atoms with Gasteiger partial charge in [0, 0.05) is 0 Å². The quantitative estimate of drug-likeness (QED) is 0.534. The van der Waals surface area contributed by atoms with Crippen LogP contribution in [0.2, 0.25) is 0 Å². The normalized spacial score (nSPS) is 16.4. The predicted octanol–water partition coefficient (Wildman–Crippen LogP) is 5.69. The van der Waals surface area contributed by atoms with Gasteiger partial charge in [-0.1, -0.05) is 30.3 Å². The van der Waals surface area contributed by atoms with E-state index in [2.05, 4.69) is 10.2 Å². The molecule has 3 aromatic rings. The lowest BCUT2D eigenvalue weighted by atomic mass is 10.1. The van der Waals surface area contributed by atoms with Crippen LogP contribution in [-0.4, -0.2) is 12.5 Å². The van der Waals surface area contributed by atoms with Crippen molar-refractivity contribution in [2.45, 2.75) is 12.6 Å². The summed E-state index contributed by atoms with van der Waals surface area (Å²) in [4.78, 5) is 12.2. The van der Waals surface area contributed by atoms with Crippen LogP contribution >= 0.6 is 0 Å². The number of anilines is 1. The van der Waals surface area contributed by atoms with Gasteiger partial charge in [-0.15, -0.1) is 13.2 Å². The average molecular weight is 436 g/mol. The molecule has 0 saturated carbocycles. The summed E-state index contributed by atoms with van der Waals surface area (Å²) in [6.07, 6.45) is -6.96. The third-order valence-electron chi connectivity index (χ3n) is 4.46. The Morgan fingerprint density at radius 1 is 0.871 bits per heavy atom. The molecule has 1 fully saturated rings. The summed E-state index contributed by atoms with van der Waals surface area (Å²) in [5.74, 6) is -2.07. The summed E-state index contributed by atoms with van der Waals surface area (Å²) >= 11 is 0. The first-order chi connectivity index (χ1) is 14.7. The van der Waals surface area contributed by atoms with Crippen molar-refractivity contribution in [2.24, 2.45) is 0 Å². The molecule has 31 heavy (non-hydrogen) atoms. The van der Waals surface area contributed by atoms with Gasteiger partial charge in [-0.3, -0.25) is 0 Å². The molecule has 0 radical (unpaired) electrons. The number of nitrogens with zero attached hydrogens (tertiary/aromatic N) is 1. The van der Waals surface area contributed by atoms with E-state index < -0.39 is 35.9 Å². The number of rotatable bonds is 4. The maximum atomic E-state index is 14.0. The molecule has 1 atom stereocenters. The summed E-state index contributed by atoms with van der Waals surface area (Å²) in [7, 11) is 0. The molecule has 3 aromatic carbocycles. The van der Waals surface area contributed by atoms with E-state index in [1.807, 2.05) is 0 Å². The first kappa shape index (κ1) is 20.6. The molecule has 10 heteroatoms. The van der Waals surface area contributed by atoms with Crippen LogP contribution in [0.25, 0.3) is 11.1 Å². The summed E-state index contributed by atoms with van der Waals surface area (Å²) in [5, 5.41) is 1.00. The molecule has 1 amide bonds. The molecule has 0 spiro atoms. The van der Waals surface area contributed by atoms with Gasteiger partial charge in [0.05, 0.1) is 11.3 Å². The number of alkyl halides is 3. The fourth-order valence-corrected chi connectivity index (χ4v) is 3.07. The number of nitrogens with one attached hydrogen (secondary N) is 1.